The Morgan fingerprint density at radius 1 is 1.00 bits per heavy atom. The molecular weight excluding hydrogens is 202 g/mol. The molecule has 82 valence electrons. The molecule has 0 aliphatic heterocycles. The summed E-state index contributed by atoms with van der Waals surface area (Å²) in [5.41, 5.74) is 1.32. The molecule has 0 saturated heterocycles. The van der Waals surface area contributed by atoms with Crippen molar-refractivity contribution in [2.75, 3.05) is 6.61 Å². The molecule has 0 radical (unpaired) electrons. The van der Waals surface area contributed by atoms with Crippen molar-refractivity contribution in [3.05, 3.63) is 48.5 Å². The molecule has 0 N–H and O–H groups in total. The topological polar surface area (TPSA) is 47.9 Å². The van der Waals surface area contributed by atoms with Crippen molar-refractivity contribution < 1.29 is 4.74 Å². The van der Waals surface area contributed by atoms with E-state index in [1.165, 1.54) is 18.2 Å². The van der Waals surface area contributed by atoms with Crippen LogP contribution in [0.2, 0.25) is 0 Å². The maximum atomic E-state index is 5.37. The average molecular weight is 215 g/mol. The third-order valence-electron chi connectivity index (χ3n) is 2.15. The molecule has 4 heteroatoms. The largest absolute Gasteiger partial charge is 0.463 e. The lowest BCUT2D eigenvalue weighted by molar-refractivity contribution is 0.285. The minimum atomic E-state index is 0.392. The zero-order valence-electron chi connectivity index (χ0n) is 8.91. The Hall–Kier alpha value is -1.97. The summed E-state index contributed by atoms with van der Waals surface area (Å²) in [5.74, 6) is 0. The summed E-state index contributed by atoms with van der Waals surface area (Å²) in [6.45, 7) is 0.624. The maximum Gasteiger partial charge on any atom is 0.319 e. The van der Waals surface area contributed by atoms with E-state index in [1.54, 1.807) is 0 Å². The zero-order chi connectivity index (χ0) is 11.1. The summed E-state index contributed by atoms with van der Waals surface area (Å²) in [4.78, 5) is 11.5. The fourth-order valence-electron chi connectivity index (χ4n) is 1.39. The van der Waals surface area contributed by atoms with Gasteiger partial charge in [-0.3, -0.25) is 0 Å². The Balaban J connectivity index is 1.70. The van der Waals surface area contributed by atoms with Gasteiger partial charge in [-0.2, -0.15) is 9.97 Å². The summed E-state index contributed by atoms with van der Waals surface area (Å²) in [6.07, 6.45) is 4.82. The fourth-order valence-corrected chi connectivity index (χ4v) is 1.39. The quantitative estimate of drug-likeness (QED) is 0.714. The highest BCUT2D eigenvalue weighted by Crippen LogP contribution is 2.03. The molecule has 0 fully saturated rings. The van der Waals surface area contributed by atoms with Gasteiger partial charge in [0.1, 0.15) is 12.7 Å². The van der Waals surface area contributed by atoms with Gasteiger partial charge in [0.15, 0.2) is 0 Å². The summed E-state index contributed by atoms with van der Waals surface area (Å²) in [6, 6.07) is 10.7. The number of benzene rings is 1. The highest BCUT2D eigenvalue weighted by molar-refractivity contribution is 5.14. The highest BCUT2D eigenvalue weighted by atomic mass is 16.5. The van der Waals surface area contributed by atoms with E-state index in [2.05, 4.69) is 27.1 Å². The number of hydrogen-bond acceptors (Lipinski definition) is 4. The van der Waals surface area contributed by atoms with Gasteiger partial charge in [0, 0.05) is 0 Å². The van der Waals surface area contributed by atoms with Crippen LogP contribution in [0.3, 0.4) is 0 Å². The van der Waals surface area contributed by atoms with Gasteiger partial charge in [0.25, 0.3) is 0 Å². The standard InChI is InChI=1S/C12H13N3O/c1-2-5-11(6-3-1)7-4-8-16-12-14-9-13-10-15-12/h1-3,5-6,9-10H,4,7-8H2. The smallest absolute Gasteiger partial charge is 0.319 e. The van der Waals surface area contributed by atoms with Crippen LogP contribution < -0.4 is 4.74 Å². The summed E-state index contributed by atoms with van der Waals surface area (Å²) in [7, 11) is 0. The molecule has 1 aromatic heterocycles. The molecule has 1 heterocycles. The Morgan fingerprint density at radius 2 is 1.75 bits per heavy atom. The molecule has 4 nitrogen and oxygen atoms in total. The van der Waals surface area contributed by atoms with Gasteiger partial charge in [0.2, 0.25) is 0 Å². The predicted octanol–water partition coefficient (Wildman–Crippen LogP) is 1.88. The molecule has 0 aliphatic rings. The van der Waals surface area contributed by atoms with E-state index in [-0.39, 0.29) is 0 Å². The molecule has 0 aliphatic carbocycles. The molecule has 0 bridgehead atoms. The number of rotatable bonds is 5. The van der Waals surface area contributed by atoms with Gasteiger partial charge < -0.3 is 4.74 Å². The first-order valence-corrected chi connectivity index (χ1v) is 5.24. The molecular formula is C12H13N3O. The Morgan fingerprint density at radius 3 is 2.50 bits per heavy atom. The number of aryl methyl sites for hydroxylation is 1. The van der Waals surface area contributed by atoms with Crippen molar-refractivity contribution >= 4 is 0 Å². The van der Waals surface area contributed by atoms with Crippen molar-refractivity contribution in [2.24, 2.45) is 0 Å². The van der Waals surface area contributed by atoms with Gasteiger partial charge in [0.05, 0.1) is 6.61 Å². The van der Waals surface area contributed by atoms with Crippen LogP contribution in [0, 0.1) is 0 Å². The lowest BCUT2D eigenvalue weighted by Crippen LogP contribution is -2.02. The summed E-state index contributed by atoms with van der Waals surface area (Å²) >= 11 is 0. The molecule has 0 atom stereocenters. The number of hydrogen-bond donors (Lipinski definition) is 0. The fraction of sp³-hybridized carbons (Fsp3) is 0.250. The lowest BCUT2D eigenvalue weighted by Gasteiger charge is -2.03. The Kier molecular flexibility index (Phi) is 3.82. The van der Waals surface area contributed by atoms with Crippen LogP contribution in [0.1, 0.15) is 12.0 Å². The van der Waals surface area contributed by atoms with E-state index >= 15 is 0 Å². The molecule has 0 saturated carbocycles. The van der Waals surface area contributed by atoms with Crippen molar-refractivity contribution in [3.8, 4) is 6.01 Å². The van der Waals surface area contributed by atoms with Crippen molar-refractivity contribution in [1.82, 2.24) is 15.0 Å². The Bertz CT molecular complexity index is 364. The first-order chi connectivity index (χ1) is 7.95. The molecule has 2 aromatic rings. The van der Waals surface area contributed by atoms with Crippen LogP contribution in [0.15, 0.2) is 43.0 Å². The molecule has 0 spiro atoms. The Labute approximate surface area is 94.4 Å². The van der Waals surface area contributed by atoms with Crippen LogP contribution in [-0.4, -0.2) is 21.6 Å². The minimum Gasteiger partial charge on any atom is -0.463 e. The van der Waals surface area contributed by atoms with Gasteiger partial charge in [-0.15, -0.1) is 0 Å². The second-order valence-corrected chi connectivity index (χ2v) is 3.36. The van der Waals surface area contributed by atoms with E-state index in [0.29, 0.717) is 12.6 Å². The first-order valence-electron chi connectivity index (χ1n) is 5.24. The van der Waals surface area contributed by atoms with Gasteiger partial charge >= 0.3 is 6.01 Å². The van der Waals surface area contributed by atoms with Crippen molar-refractivity contribution in [2.45, 2.75) is 12.8 Å². The van der Waals surface area contributed by atoms with E-state index in [4.69, 9.17) is 4.74 Å². The lowest BCUT2D eigenvalue weighted by atomic mass is 10.1. The van der Waals surface area contributed by atoms with Crippen molar-refractivity contribution in [3.63, 3.8) is 0 Å². The second kappa shape index (κ2) is 5.80. The number of nitrogens with zero attached hydrogens (tertiary/aromatic N) is 3. The van der Waals surface area contributed by atoms with Gasteiger partial charge in [-0.25, -0.2) is 4.98 Å². The van der Waals surface area contributed by atoms with Crippen molar-refractivity contribution in [1.29, 1.82) is 0 Å². The number of ether oxygens (including phenoxy) is 1. The second-order valence-electron chi connectivity index (χ2n) is 3.36. The third-order valence-corrected chi connectivity index (χ3v) is 2.15. The van der Waals surface area contributed by atoms with Gasteiger partial charge in [-0.05, 0) is 18.4 Å². The zero-order valence-corrected chi connectivity index (χ0v) is 8.91. The summed E-state index contributed by atoms with van der Waals surface area (Å²) in [5, 5.41) is 0. The SMILES string of the molecule is c1ccc(CCCOc2ncncn2)cc1. The van der Waals surface area contributed by atoms with E-state index in [0.717, 1.165) is 12.8 Å². The van der Waals surface area contributed by atoms with Crippen LogP contribution in [0.4, 0.5) is 0 Å². The normalized spacial score (nSPS) is 10.0. The first kappa shape index (κ1) is 10.5. The minimum absolute atomic E-state index is 0.392. The third kappa shape index (κ3) is 3.31. The molecule has 1 aromatic carbocycles. The van der Waals surface area contributed by atoms with E-state index in [9.17, 15) is 0 Å². The summed E-state index contributed by atoms with van der Waals surface area (Å²) < 4.78 is 5.37. The van der Waals surface area contributed by atoms with Crippen LogP contribution in [-0.2, 0) is 6.42 Å². The van der Waals surface area contributed by atoms with Gasteiger partial charge in [-0.1, -0.05) is 30.3 Å². The maximum absolute atomic E-state index is 5.37. The molecule has 16 heavy (non-hydrogen) atoms. The van der Waals surface area contributed by atoms with E-state index < -0.39 is 0 Å². The van der Waals surface area contributed by atoms with Crippen LogP contribution >= 0.6 is 0 Å². The molecule has 0 amide bonds. The van der Waals surface area contributed by atoms with Crippen LogP contribution in [0.25, 0.3) is 0 Å². The highest BCUT2D eigenvalue weighted by Gasteiger charge is 1.96. The molecule has 0 unspecified atom stereocenters. The van der Waals surface area contributed by atoms with E-state index in [1.807, 2.05) is 18.2 Å². The predicted molar refractivity (Wildman–Crippen MR) is 60.1 cm³/mol. The number of aromatic nitrogens is 3. The average Bonchev–Trinajstić information content (AvgIpc) is 2.37. The monoisotopic (exact) mass is 215 g/mol. The van der Waals surface area contributed by atoms with Crippen LogP contribution in [0.5, 0.6) is 6.01 Å². The molecule has 2 rings (SSSR count).